The van der Waals surface area contributed by atoms with Gasteiger partial charge >= 0.3 is 5.97 Å². The highest BCUT2D eigenvalue weighted by molar-refractivity contribution is 5.95. The molecule has 0 aliphatic carbocycles. The first-order chi connectivity index (χ1) is 13.9. The van der Waals surface area contributed by atoms with Gasteiger partial charge in [0.05, 0.1) is 7.11 Å². The maximum Gasteiger partial charge on any atom is 0.331 e. The van der Waals surface area contributed by atoms with Crippen LogP contribution in [0.15, 0.2) is 55.1 Å². The average molecular weight is 395 g/mol. The summed E-state index contributed by atoms with van der Waals surface area (Å²) in [5.41, 5.74) is 3.39. The normalized spacial score (nSPS) is 10.4. The molecule has 2 aromatic carbocycles. The summed E-state index contributed by atoms with van der Waals surface area (Å²) >= 11 is 0. The molecule has 152 valence electrons. The lowest BCUT2D eigenvalue weighted by molar-refractivity contribution is -0.142. The second-order valence-corrected chi connectivity index (χ2v) is 6.32. The standard InChI is InChI=1S/C23H25NO5/c1-5-12-28-20-10-8-18(14-21(20)27-4)9-11-23(26)29-15-22(25)24-19-13-16(2)6-7-17(19)3/h5-11,13-14H,1,12,15H2,2-4H3,(H,24,25)/b11-9+. The van der Waals surface area contributed by atoms with Crippen molar-refractivity contribution in [3.05, 3.63) is 71.8 Å². The lowest BCUT2D eigenvalue weighted by atomic mass is 10.1. The third-order valence-electron chi connectivity index (χ3n) is 3.97. The van der Waals surface area contributed by atoms with Crippen molar-refractivity contribution in [1.82, 2.24) is 0 Å². The van der Waals surface area contributed by atoms with Gasteiger partial charge in [-0.3, -0.25) is 4.79 Å². The number of rotatable bonds is 9. The third-order valence-corrected chi connectivity index (χ3v) is 3.97. The Kier molecular flexibility index (Phi) is 8.03. The van der Waals surface area contributed by atoms with E-state index in [0.29, 0.717) is 23.8 Å². The summed E-state index contributed by atoms with van der Waals surface area (Å²) in [4.78, 5) is 23.9. The molecule has 1 amide bonds. The third kappa shape index (κ3) is 6.84. The van der Waals surface area contributed by atoms with Crippen LogP contribution in [0.25, 0.3) is 6.08 Å². The molecule has 0 radical (unpaired) electrons. The summed E-state index contributed by atoms with van der Waals surface area (Å²) in [6.07, 6.45) is 4.47. The monoisotopic (exact) mass is 395 g/mol. The Morgan fingerprint density at radius 1 is 1.10 bits per heavy atom. The first kappa shape index (κ1) is 21.8. The molecule has 29 heavy (non-hydrogen) atoms. The number of carbonyl (C=O) groups excluding carboxylic acids is 2. The van der Waals surface area contributed by atoms with E-state index in [1.54, 1.807) is 30.4 Å². The van der Waals surface area contributed by atoms with Gasteiger partial charge in [-0.15, -0.1) is 0 Å². The van der Waals surface area contributed by atoms with Crippen molar-refractivity contribution in [3.63, 3.8) is 0 Å². The van der Waals surface area contributed by atoms with E-state index in [2.05, 4.69) is 11.9 Å². The molecule has 0 unspecified atom stereocenters. The maximum absolute atomic E-state index is 12.0. The topological polar surface area (TPSA) is 73.9 Å². The lowest BCUT2D eigenvalue weighted by Crippen LogP contribution is -2.20. The van der Waals surface area contributed by atoms with Gasteiger partial charge in [-0.05, 0) is 54.8 Å². The van der Waals surface area contributed by atoms with Crippen molar-refractivity contribution in [2.24, 2.45) is 0 Å². The molecule has 0 aromatic heterocycles. The Bertz CT molecular complexity index is 917. The fourth-order valence-corrected chi connectivity index (χ4v) is 2.46. The number of methoxy groups -OCH3 is 1. The van der Waals surface area contributed by atoms with E-state index < -0.39 is 11.9 Å². The van der Waals surface area contributed by atoms with Crippen molar-refractivity contribution < 1.29 is 23.8 Å². The molecule has 0 heterocycles. The first-order valence-corrected chi connectivity index (χ1v) is 9.06. The summed E-state index contributed by atoms with van der Waals surface area (Å²) in [5.74, 6) is 0.100. The van der Waals surface area contributed by atoms with Crippen LogP contribution in [0.2, 0.25) is 0 Å². The van der Waals surface area contributed by atoms with Gasteiger partial charge < -0.3 is 19.5 Å². The quantitative estimate of drug-likeness (QED) is 0.394. The minimum Gasteiger partial charge on any atom is -0.493 e. The Morgan fingerprint density at radius 2 is 1.90 bits per heavy atom. The van der Waals surface area contributed by atoms with E-state index in [9.17, 15) is 9.59 Å². The van der Waals surface area contributed by atoms with Crippen molar-refractivity contribution >= 4 is 23.6 Å². The van der Waals surface area contributed by atoms with E-state index in [4.69, 9.17) is 14.2 Å². The zero-order valence-electron chi connectivity index (χ0n) is 16.9. The van der Waals surface area contributed by atoms with E-state index in [1.165, 1.54) is 13.2 Å². The Hall–Kier alpha value is -3.54. The molecule has 2 rings (SSSR count). The molecule has 0 spiro atoms. The van der Waals surface area contributed by atoms with Gasteiger partial charge in [-0.25, -0.2) is 4.79 Å². The van der Waals surface area contributed by atoms with E-state index in [1.807, 2.05) is 32.0 Å². The Morgan fingerprint density at radius 3 is 2.62 bits per heavy atom. The summed E-state index contributed by atoms with van der Waals surface area (Å²) in [7, 11) is 1.53. The second-order valence-electron chi connectivity index (χ2n) is 6.32. The highest BCUT2D eigenvalue weighted by Crippen LogP contribution is 2.28. The molecule has 0 bridgehead atoms. The minimum atomic E-state index is -0.618. The van der Waals surface area contributed by atoms with Crippen LogP contribution in [0, 0.1) is 13.8 Å². The van der Waals surface area contributed by atoms with Crippen LogP contribution in [0.3, 0.4) is 0 Å². The van der Waals surface area contributed by atoms with Crippen LogP contribution in [0.4, 0.5) is 5.69 Å². The van der Waals surface area contributed by atoms with Gasteiger partial charge in [-0.1, -0.05) is 30.9 Å². The van der Waals surface area contributed by atoms with Crippen LogP contribution in [-0.4, -0.2) is 32.2 Å². The number of nitrogens with one attached hydrogen (secondary N) is 1. The number of anilines is 1. The Balaban J connectivity index is 1.89. The second kappa shape index (κ2) is 10.7. The van der Waals surface area contributed by atoms with Gasteiger partial charge in [0.25, 0.3) is 5.91 Å². The largest absolute Gasteiger partial charge is 0.493 e. The van der Waals surface area contributed by atoms with Gasteiger partial charge in [0, 0.05) is 11.8 Å². The molecule has 0 aliphatic rings. The molecular formula is C23H25NO5. The lowest BCUT2D eigenvalue weighted by Gasteiger charge is -2.10. The van der Waals surface area contributed by atoms with Crippen molar-refractivity contribution in [1.29, 1.82) is 0 Å². The number of benzene rings is 2. The summed E-state index contributed by atoms with van der Waals surface area (Å²) in [6.45, 7) is 7.43. The number of esters is 1. The first-order valence-electron chi connectivity index (χ1n) is 9.06. The molecule has 6 nitrogen and oxygen atoms in total. The van der Waals surface area contributed by atoms with Crippen molar-refractivity contribution in [3.8, 4) is 11.5 Å². The number of hydrogen-bond acceptors (Lipinski definition) is 5. The van der Waals surface area contributed by atoms with E-state index in [-0.39, 0.29) is 6.61 Å². The van der Waals surface area contributed by atoms with Crippen LogP contribution in [0.1, 0.15) is 16.7 Å². The van der Waals surface area contributed by atoms with Crippen LogP contribution < -0.4 is 14.8 Å². The minimum absolute atomic E-state index is 0.363. The fourth-order valence-electron chi connectivity index (χ4n) is 2.46. The van der Waals surface area contributed by atoms with Gasteiger partial charge in [0.15, 0.2) is 18.1 Å². The van der Waals surface area contributed by atoms with Crippen molar-refractivity contribution in [2.75, 3.05) is 25.6 Å². The van der Waals surface area contributed by atoms with Gasteiger partial charge in [0.2, 0.25) is 0 Å². The van der Waals surface area contributed by atoms with E-state index in [0.717, 1.165) is 16.7 Å². The number of ether oxygens (including phenoxy) is 3. The number of aryl methyl sites for hydroxylation is 2. The SMILES string of the molecule is C=CCOc1ccc(/C=C/C(=O)OCC(=O)Nc2cc(C)ccc2C)cc1OC. The highest BCUT2D eigenvalue weighted by Gasteiger charge is 2.08. The smallest absolute Gasteiger partial charge is 0.331 e. The molecule has 0 saturated heterocycles. The number of hydrogen-bond donors (Lipinski definition) is 1. The zero-order valence-corrected chi connectivity index (χ0v) is 16.9. The number of carbonyl (C=O) groups is 2. The van der Waals surface area contributed by atoms with Crippen LogP contribution >= 0.6 is 0 Å². The van der Waals surface area contributed by atoms with E-state index >= 15 is 0 Å². The summed E-state index contributed by atoms with van der Waals surface area (Å²) < 4.78 is 15.8. The molecule has 6 heteroatoms. The van der Waals surface area contributed by atoms with Gasteiger partial charge in [-0.2, -0.15) is 0 Å². The summed E-state index contributed by atoms with van der Waals surface area (Å²) in [6, 6.07) is 11.0. The van der Waals surface area contributed by atoms with Crippen molar-refractivity contribution in [2.45, 2.75) is 13.8 Å². The highest BCUT2D eigenvalue weighted by atomic mass is 16.5. The summed E-state index contributed by atoms with van der Waals surface area (Å²) in [5, 5.41) is 2.74. The molecule has 1 N–H and O–H groups in total. The fraction of sp³-hybridized carbons (Fsp3) is 0.217. The molecular weight excluding hydrogens is 370 g/mol. The molecule has 2 aromatic rings. The number of amides is 1. The molecule has 0 fully saturated rings. The molecule has 0 aliphatic heterocycles. The predicted molar refractivity (Wildman–Crippen MR) is 113 cm³/mol. The maximum atomic E-state index is 12.0. The van der Waals surface area contributed by atoms with Gasteiger partial charge in [0.1, 0.15) is 6.61 Å². The van der Waals surface area contributed by atoms with Crippen LogP contribution in [-0.2, 0) is 14.3 Å². The van der Waals surface area contributed by atoms with Crippen LogP contribution in [0.5, 0.6) is 11.5 Å². The predicted octanol–water partition coefficient (Wildman–Crippen LogP) is 4.07. The molecule has 0 atom stereocenters. The Labute approximate surface area is 170 Å². The zero-order chi connectivity index (χ0) is 21.2. The molecule has 0 saturated carbocycles. The average Bonchev–Trinajstić information content (AvgIpc) is 2.72.